The number of nitrogens with one attached hydrogen (secondary N) is 1. The van der Waals surface area contributed by atoms with Crippen molar-refractivity contribution in [2.24, 2.45) is 0 Å². The van der Waals surface area contributed by atoms with E-state index in [1.165, 1.54) is 30.8 Å². The van der Waals surface area contributed by atoms with Crippen molar-refractivity contribution in [3.63, 3.8) is 0 Å². The first-order chi connectivity index (χ1) is 7.66. The summed E-state index contributed by atoms with van der Waals surface area (Å²) in [7, 11) is 4.33. The molecule has 0 radical (unpaired) electrons. The zero-order valence-electron chi connectivity index (χ0n) is 10.3. The molecule has 0 atom stereocenters. The van der Waals surface area contributed by atoms with E-state index >= 15 is 0 Å². The Labute approximate surface area is 101 Å². The first kappa shape index (κ1) is 11.8. The number of rotatable bonds is 5. The summed E-state index contributed by atoms with van der Waals surface area (Å²) in [5.74, 6) is 0.944. The zero-order chi connectivity index (χ0) is 11.6. The fourth-order valence-electron chi connectivity index (χ4n) is 2.08. The molecule has 0 aromatic carbocycles. The van der Waals surface area contributed by atoms with Crippen LogP contribution in [-0.2, 0) is 6.42 Å². The maximum absolute atomic E-state index is 4.43. The van der Waals surface area contributed by atoms with Crippen LogP contribution in [0, 0.1) is 0 Å². The molecule has 16 heavy (non-hydrogen) atoms. The summed E-state index contributed by atoms with van der Waals surface area (Å²) in [6, 6.07) is 0. The van der Waals surface area contributed by atoms with Gasteiger partial charge in [0.15, 0.2) is 0 Å². The molecule has 0 aliphatic heterocycles. The predicted octanol–water partition coefficient (Wildman–Crippen LogP) is 2.00. The summed E-state index contributed by atoms with van der Waals surface area (Å²) in [5, 5.41) is 4.39. The number of aromatic nitrogens is 2. The van der Waals surface area contributed by atoms with Gasteiger partial charge in [-0.25, -0.2) is 4.98 Å². The van der Waals surface area contributed by atoms with E-state index in [0.717, 1.165) is 23.9 Å². The summed E-state index contributed by atoms with van der Waals surface area (Å²) in [6.45, 7) is 3.07. The van der Waals surface area contributed by atoms with Crippen molar-refractivity contribution >= 4 is 16.7 Å². The van der Waals surface area contributed by atoms with Gasteiger partial charge in [-0.3, -0.25) is 0 Å². The molecule has 0 bridgehead atoms. The highest BCUT2D eigenvalue weighted by Gasteiger charge is 2.38. The highest BCUT2D eigenvalue weighted by molar-refractivity contribution is 7.09. The monoisotopic (exact) mass is 240 g/mol. The molecule has 0 amide bonds. The Kier molecular flexibility index (Phi) is 3.44. The molecule has 1 aliphatic rings. The fraction of sp³-hybridized carbons (Fsp3) is 0.818. The summed E-state index contributed by atoms with van der Waals surface area (Å²) in [5.41, 5.74) is 0.345. The molecule has 0 saturated heterocycles. The van der Waals surface area contributed by atoms with E-state index in [0.29, 0.717) is 5.54 Å². The summed E-state index contributed by atoms with van der Waals surface area (Å²) in [4.78, 5) is 6.77. The SMILES string of the molecule is CCc1nsc(NCC2(N(C)C)CCC2)n1. The van der Waals surface area contributed by atoms with E-state index in [1.807, 2.05) is 0 Å². The van der Waals surface area contributed by atoms with E-state index in [4.69, 9.17) is 0 Å². The standard InChI is InChI=1S/C11H20N4S/c1-4-9-13-10(16-14-9)12-8-11(15(2)3)6-5-7-11/h4-8H2,1-3H3,(H,12,13,14). The van der Waals surface area contributed by atoms with Gasteiger partial charge in [-0.2, -0.15) is 4.37 Å². The lowest BCUT2D eigenvalue weighted by molar-refractivity contribution is 0.0739. The fourth-order valence-corrected chi connectivity index (χ4v) is 2.72. The number of hydrogen-bond donors (Lipinski definition) is 1. The van der Waals surface area contributed by atoms with E-state index in [9.17, 15) is 0 Å². The third-order valence-corrected chi connectivity index (χ3v) is 4.30. The molecule has 1 aromatic rings. The van der Waals surface area contributed by atoms with Crippen molar-refractivity contribution in [1.29, 1.82) is 0 Å². The Morgan fingerprint density at radius 2 is 2.19 bits per heavy atom. The van der Waals surface area contributed by atoms with Crippen LogP contribution >= 0.6 is 11.5 Å². The lowest BCUT2D eigenvalue weighted by Crippen LogP contribution is -2.54. The molecule has 0 spiro atoms. The van der Waals surface area contributed by atoms with E-state index in [-0.39, 0.29) is 0 Å². The van der Waals surface area contributed by atoms with Gasteiger partial charge in [-0.1, -0.05) is 6.92 Å². The summed E-state index contributed by atoms with van der Waals surface area (Å²) in [6.07, 6.45) is 4.83. The molecule has 0 unspecified atom stereocenters. The van der Waals surface area contributed by atoms with Crippen LogP contribution in [0.3, 0.4) is 0 Å². The topological polar surface area (TPSA) is 41.1 Å². The largest absolute Gasteiger partial charge is 0.358 e. The van der Waals surface area contributed by atoms with Gasteiger partial charge in [0.1, 0.15) is 5.82 Å². The first-order valence-corrected chi connectivity index (χ1v) is 6.67. The number of aryl methyl sites for hydroxylation is 1. The molecule has 1 aliphatic carbocycles. The molecule has 1 saturated carbocycles. The molecule has 5 heteroatoms. The Balaban J connectivity index is 1.91. The van der Waals surface area contributed by atoms with Crippen molar-refractivity contribution < 1.29 is 0 Å². The molecule has 1 aromatic heterocycles. The molecule has 1 fully saturated rings. The van der Waals surface area contributed by atoms with Crippen LogP contribution in [0.1, 0.15) is 32.0 Å². The Morgan fingerprint density at radius 3 is 2.62 bits per heavy atom. The third-order valence-electron chi connectivity index (χ3n) is 3.59. The molecular weight excluding hydrogens is 220 g/mol. The second-order valence-corrected chi connectivity index (χ2v) is 5.45. The summed E-state index contributed by atoms with van der Waals surface area (Å²) >= 11 is 1.47. The highest BCUT2D eigenvalue weighted by Crippen LogP contribution is 2.36. The number of hydrogen-bond acceptors (Lipinski definition) is 5. The van der Waals surface area contributed by atoms with Gasteiger partial charge in [0.05, 0.1) is 0 Å². The van der Waals surface area contributed by atoms with Gasteiger partial charge in [-0.05, 0) is 33.4 Å². The molecular formula is C11H20N4S. The maximum atomic E-state index is 4.43. The van der Waals surface area contributed by atoms with Gasteiger partial charge >= 0.3 is 0 Å². The second kappa shape index (κ2) is 4.67. The van der Waals surface area contributed by atoms with E-state index in [2.05, 4.69) is 40.6 Å². The van der Waals surface area contributed by atoms with Crippen LogP contribution < -0.4 is 5.32 Å². The Morgan fingerprint density at radius 1 is 1.44 bits per heavy atom. The lowest BCUT2D eigenvalue weighted by Gasteiger charge is -2.47. The maximum Gasteiger partial charge on any atom is 0.202 e. The van der Waals surface area contributed by atoms with Gasteiger partial charge < -0.3 is 10.2 Å². The predicted molar refractivity (Wildman–Crippen MR) is 68.0 cm³/mol. The highest BCUT2D eigenvalue weighted by atomic mass is 32.1. The molecule has 2 rings (SSSR count). The number of likely N-dealkylation sites (N-methyl/N-ethyl adjacent to an activating group) is 1. The Bertz CT molecular complexity index is 344. The van der Waals surface area contributed by atoms with Crippen molar-refractivity contribution in [2.45, 2.75) is 38.1 Å². The minimum atomic E-state index is 0.345. The van der Waals surface area contributed by atoms with Crippen LogP contribution in [0.15, 0.2) is 0 Å². The third kappa shape index (κ3) is 2.20. The van der Waals surface area contributed by atoms with E-state index in [1.54, 1.807) is 0 Å². The average Bonchev–Trinajstić information content (AvgIpc) is 2.63. The molecule has 1 N–H and O–H groups in total. The van der Waals surface area contributed by atoms with Gasteiger partial charge in [0.2, 0.25) is 5.13 Å². The molecule has 4 nitrogen and oxygen atoms in total. The van der Waals surface area contributed by atoms with Crippen molar-refractivity contribution in [1.82, 2.24) is 14.3 Å². The lowest BCUT2D eigenvalue weighted by atomic mass is 9.75. The van der Waals surface area contributed by atoms with Crippen LogP contribution in [-0.4, -0.2) is 40.4 Å². The zero-order valence-corrected chi connectivity index (χ0v) is 11.1. The van der Waals surface area contributed by atoms with Crippen molar-refractivity contribution in [2.75, 3.05) is 26.0 Å². The van der Waals surface area contributed by atoms with Gasteiger partial charge in [0.25, 0.3) is 0 Å². The molecule has 1 heterocycles. The van der Waals surface area contributed by atoms with Crippen molar-refractivity contribution in [3.05, 3.63) is 5.82 Å². The van der Waals surface area contributed by atoms with Crippen molar-refractivity contribution in [3.8, 4) is 0 Å². The average molecular weight is 240 g/mol. The second-order valence-electron chi connectivity index (χ2n) is 4.70. The van der Waals surface area contributed by atoms with Gasteiger partial charge in [-0.15, -0.1) is 0 Å². The quantitative estimate of drug-likeness (QED) is 0.854. The number of nitrogens with zero attached hydrogens (tertiary/aromatic N) is 3. The van der Waals surface area contributed by atoms with E-state index < -0.39 is 0 Å². The smallest absolute Gasteiger partial charge is 0.202 e. The van der Waals surface area contributed by atoms with Crippen LogP contribution in [0.5, 0.6) is 0 Å². The number of anilines is 1. The first-order valence-electron chi connectivity index (χ1n) is 5.90. The van der Waals surface area contributed by atoms with Crippen LogP contribution in [0.25, 0.3) is 0 Å². The van der Waals surface area contributed by atoms with Crippen LogP contribution in [0.4, 0.5) is 5.13 Å². The normalized spacial score (nSPS) is 18.5. The van der Waals surface area contributed by atoms with Gasteiger partial charge in [0, 0.05) is 30.0 Å². The Hall–Kier alpha value is -0.680. The minimum Gasteiger partial charge on any atom is -0.358 e. The summed E-state index contributed by atoms with van der Waals surface area (Å²) < 4.78 is 4.28. The minimum absolute atomic E-state index is 0.345. The molecule has 90 valence electrons. The van der Waals surface area contributed by atoms with Crippen LogP contribution in [0.2, 0.25) is 0 Å².